The average Bonchev–Trinajstić information content (AvgIpc) is 2.76. The highest BCUT2D eigenvalue weighted by molar-refractivity contribution is 6.01. The topological polar surface area (TPSA) is 87.7 Å². The van der Waals surface area contributed by atoms with Gasteiger partial charge in [0, 0.05) is 28.9 Å². The van der Waals surface area contributed by atoms with Gasteiger partial charge in [-0.2, -0.15) is 0 Å². The third kappa shape index (κ3) is 4.75. The number of rotatable bonds is 5. The van der Waals surface area contributed by atoms with Crippen LogP contribution in [0.1, 0.15) is 30.2 Å². The summed E-state index contributed by atoms with van der Waals surface area (Å²) >= 11 is 0. The predicted molar refractivity (Wildman–Crippen MR) is 124 cm³/mol. The average molecular weight is 454 g/mol. The second kappa shape index (κ2) is 9.31. The van der Waals surface area contributed by atoms with Crippen molar-refractivity contribution in [2.45, 2.75) is 32.9 Å². The Morgan fingerprint density at radius 3 is 2.61 bits per heavy atom. The van der Waals surface area contributed by atoms with Crippen LogP contribution in [-0.4, -0.2) is 34.9 Å². The third-order valence-electron chi connectivity index (χ3n) is 6.02. The van der Waals surface area contributed by atoms with Gasteiger partial charge in [0.2, 0.25) is 0 Å². The summed E-state index contributed by atoms with van der Waals surface area (Å²) in [5.41, 5.74) is 8.71. The van der Waals surface area contributed by atoms with E-state index >= 15 is 4.39 Å². The number of alkyl halides is 1. The first-order valence-corrected chi connectivity index (χ1v) is 10.9. The summed E-state index contributed by atoms with van der Waals surface area (Å²) in [5, 5.41) is 11.1. The van der Waals surface area contributed by atoms with Gasteiger partial charge in [-0.1, -0.05) is 23.8 Å². The van der Waals surface area contributed by atoms with Crippen LogP contribution >= 0.6 is 0 Å². The number of nitrogens with zero attached hydrogens (tertiary/aromatic N) is 2. The second-order valence-corrected chi connectivity index (χ2v) is 8.53. The van der Waals surface area contributed by atoms with Gasteiger partial charge in [0.25, 0.3) is 0 Å². The van der Waals surface area contributed by atoms with Gasteiger partial charge in [0.15, 0.2) is 5.82 Å². The number of nitrogens with two attached hydrogens (primary N) is 1. The molecule has 3 aromatic rings. The molecule has 1 aliphatic rings. The normalized spacial score (nSPS) is 18.3. The van der Waals surface area contributed by atoms with E-state index in [1.165, 1.54) is 18.2 Å². The molecule has 1 fully saturated rings. The van der Waals surface area contributed by atoms with Crippen LogP contribution in [0.5, 0.6) is 0 Å². The lowest BCUT2D eigenvalue weighted by atomic mass is 9.89. The Morgan fingerprint density at radius 2 is 1.91 bits per heavy atom. The summed E-state index contributed by atoms with van der Waals surface area (Å²) in [6.45, 7) is 4.38. The van der Waals surface area contributed by atoms with Crippen molar-refractivity contribution in [3.05, 3.63) is 64.9 Å². The molecule has 2 heterocycles. The maximum atomic E-state index is 15.0. The first-order valence-electron chi connectivity index (χ1n) is 10.9. The Morgan fingerprint density at radius 1 is 1.12 bits per heavy atom. The first kappa shape index (κ1) is 22.9. The lowest BCUT2D eigenvalue weighted by Crippen LogP contribution is -2.39. The molecular weight excluding hydrogens is 427 g/mol. The summed E-state index contributed by atoms with van der Waals surface area (Å²) in [6, 6.07) is 8.87. The molecule has 2 aromatic carbocycles. The summed E-state index contributed by atoms with van der Waals surface area (Å²) in [4.78, 5) is 8.86. The van der Waals surface area contributed by atoms with Crippen LogP contribution in [0, 0.1) is 29.9 Å². The van der Waals surface area contributed by atoms with E-state index in [1.54, 1.807) is 25.1 Å². The summed E-state index contributed by atoms with van der Waals surface area (Å²) in [7, 11) is 0. The maximum absolute atomic E-state index is 15.0. The molecule has 0 spiro atoms. The van der Waals surface area contributed by atoms with Crippen molar-refractivity contribution < 1.29 is 13.2 Å². The standard InChI is InChI=1S/C25H26F3N5/c1-13-3-6-19(26)18(9-13)17-5-4-16(10-20(17)27)25-32-22(23(14(2)29)24(30)33-25)11-15-7-8-31-12-21(15)28/h3-6,9-10,15,21,29,31H,7-8,11-12H2,1-2H3,(H2,30,32,33). The molecule has 1 aromatic heterocycles. The minimum atomic E-state index is -1.03. The van der Waals surface area contributed by atoms with Gasteiger partial charge in [-0.25, -0.2) is 23.1 Å². The first-order chi connectivity index (χ1) is 15.7. The lowest BCUT2D eigenvalue weighted by Gasteiger charge is -2.27. The third-order valence-corrected chi connectivity index (χ3v) is 6.02. The van der Waals surface area contributed by atoms with E-state index in [-0.39, 0.29) is 40.9 Å². The number of hydrogen-bond donors (Lipinski definition) is 3. The molecule has 33 heavy (non-hydrogen) atoms. The van der Waals surface area contributed by atoms with Crippen molar-refractivity contribution in [3.63, 3.8) is 0 Å². The maximum Gasteiger partial charge on any atom is 0.161 e. The van der Waals surface area contributed by atoms with E-state index in [1.807, 2.05) is 6.92 Å². The smallest absolute Gasteiger partial charge is 0.161 e. The number of aromatic nitrogens is 2. The molecule has 0 bridgehead atoms. The number of anilines is 1. The fourth-order valence-corrected chi connectivity index (χ4v) is 4.28. The van der Waals surface area contributed by atoms with Gasteiger partial charge in [-0.15, -0.1) is 0 Å². The van der Waals surface area contributed by atoms with Crippen molar-refractivity contribution in [3.8, 4) is 22.5 Å². The number of nitrogen functional groups attached to an aromatic ring is 1. The largest absolute Gasteiger partial charge is 0.383 e. The van der Waals surface area contributed by atoms with Gasteiger partial charge in [0.1, 0.15) is 23.6 Å². The number of hydrogen-bond acceptors (Lipinski definition) is 5. The zero-order valence-electron chi connectivity index (χ0n) is 18.6. The second-order valence-electron chi connectivity index (χ2n) is 8.53. The quantitative estimate of drug-likeness (QED) is 0.482. The Labute approximate surface area is 190 Å². The minimum absolute atomic E-state index is 0.0982. The van der Waals surface area contributed by atoms with E-state index in [4.69, 9.17) is 11.1 Å². The number of nitrogens with one attached hydrogen (secondary N) is 2. The summed E-state index contributed by atoms with van der Waals surface area (Å²) in [6.07, 6.45) is -0.0795. The lowest BCUT2D eigenvalue weighted by molar-refractivity contribution is 0.178. The van der Waals surface area contributed by atoms with Crippen molar-refractivity contribution in [1.82, 2.24) is 15.3 Å². The number of benzene rings is 2. The summed E-state index contributed by atoms with van der Waals surface area (Å²) in [5.74, 6) is -1.10. The Balaban J connectivity index is 1.74. The van der Waals surface area contributed by atoms with Crippen LogP contribution in [0.15, 0.2) is 36.4 Å². The summed E-state index contributed by atoms with van der Waals surface area (Å²) < 4.78 is 43.7. The fraction of sp³-hybridized carbons (Fsp3) is 0.320. The molecule has 8 heteroatoms. The fourth-order valence-electron chi connectivity index (χ4n) is 4.28. The van der Waals surface area contributed by atoms with E-state index in [0.29, 0.717) is 36.2 Å². The Kier molecular flexibility index (Phi) is 6.47. The number of piperidine rings is 1. The molecule has 4 rings (SSSR count). The molecule has 1 aliphatic heterocycles. The Hall–Kier alpha value is -3.26. The molecule has 2 unspecified atom stereocenters. The van der Waals surface area contributed by atoms with Crippen molar-refractivity contribution >= 4 is 11.5 Å². The van der Waals surface area contributed by atoms with Crippen LogP contribution in [0.4, 0.5) is 19.0 Å². The SMILES string of the molecule is CC(=N)c1c(N)nc(-c2ccc(-c3cc(C)ccc3F)c(F)c2)nc1CC1CCNCC1F. The zero-order valence-corrected chi connectivity index (χ0v) is 18.6. The Bertz CT molecular complexity index is 1210. The predicted octanol–water partition coefficient (Wildman–Crippen LogP) is 4.86. The molecule has 2 atom stereocenters. The molecule has 0 saturated carbocycles. The van der Waals surface area contributed by atoms with E-state index < -0.39 is 17.8 Å². The number of halogens is 3. The van der Waals surface area contributed by atoms with Crippen molar-refractivity contribution in [1.29, 1.82) is 5.41 Å². The van der Waals surface area contributed by atoms with Crippen molar-refractivity contribution in [2.24, 2.45) is 5.92 Å². The van der Waals surface area contributed by atoms with Gasteiger partial charge in [-0.05, 0) is 57.4 Å². The molecule has 5 nitrogen and oxygen atoms in total. The van der Waals surface area contributed by atoms with Gasteiger partial charge in [0.05, 0.1) is 11.3 Å². The zero-order chi connectivity index (χ0) is 23.7. The van der Waals surface area contributed by atoms with Crippen LogP contribution in [0.3, 0.4) is 0 Å². The molecule has 172 valence electrons. The monoisotopic (exact) mass is 453 g/mol. The molecule has 0 aliphatic carbocycles. The van der Waals surface area contributed by atoms with Gasteiger partial charge < -0.3 is 16.5 Å². The number of aryl methyl sites for hydroxylation is 1. The highest BCUT2D eigenvalue weighted by Crippen LogP contribution is 2.31. The molecule has 0 amide bonds. The van der Waals surface area contributed by atoms with Crippen molar-refractivity contribution in [2.75, 3.05) is 18.8 Å². The highest BCUT2D eigenvalue weighted by Gasteiger charge is 2.27. The molecule has 1 saturated heterocycles. The minimum Gasteiger partial charge on any atom is -0.383 e. The van der Waals surface area contributed by atoms with Crippen LogP contribution < -0.4 is 11.1 Å². The van der Waals surface area contributed by atoms with Crippen LogP contribution in [-0.2, 0) is 6.42 Å². The van der Waals surface area contributed by atoms with E-state index in [0.717, 1.165) is 5.56 Å². The van der Waals surface area contributed by atoms with Gasteiger partial charge in [-0.3, -0.25) is 0 Å². The van der Waals surface area contributed by atoms with Crippen LogP contribution in [0.2, 0.25) is 0 Å². The molecule has 4 N–H and O–H groups in total. The molecular formula is C25H26F3N5. The van der Waals surface area contributed by atoms with Gasteiger partial charge >= 0.3 is 0 Å². The highest BCUT2D eigenvalue weighted by atomic mass is 19.1. The van der Waals surface area contributed by atoms with E-state index in [2.05, 4.69) is 15.3 Å². The van der Waals surface area contributed by atoms with E-state index in [9.17, 15) is 8.78 Å². The van der Waals surface area contributed by atoms with Crippen LogP contribution in [0.25, 0.3) is 22.5 Å². The molecule has 0 radical (unpaired) electrons.